The molecule has 4 nitrogen and oxygen atoms in total. The van der Waals surface area contributed by atoms with E-state index in [-0.39, 0.29) is 23.7 Å². The Balaban J connectivity index is 1.85. The van der Waals surface area contributed by atoms with E-state index in [1.807, 2.05) is 24.3 Å². The molecular formula is C16H20N2O2. The van der Waals surface area contributed by atoms with Crippen molar-refractivity contribution >= 4 is 17.5 Å². The molecule has 1 aromatic rings. The van der Waals surface area contributed by atoms with E-state index in [1.54, 1.807) is 0 Å². The minimum atomic E-state index is -0.0695. The molecule has 0 spiro atoms. The van der Waals surface area contributed by atoms with Crippen molar-refractivity contribution in [1.29, 1.82) is 0 Å². The number of nitrogens with zero attached hydrogens (tertiary/aromatic N) is 1. The second kappa shape index (κ2) is 5.37. The first-order valence-electron chi connectivity index (χ1n) is 7.40. The van der Waals surface area contributed by atoms with Gasteiger partial charge in [0.05, 0.1) is 17.5 Å². The highest BCUT2D eigenvalue weighted by Crippen LogP contribution is 2.41. The summed E-state index contributed by atoms with van der Waals surface area (Å²) < 4.78 is 0. The Kier molecular flexibility index (Phi) is 3.57. The van der Waals surface area contributed by atoms with E-state index in [1.165, 1.54) is 4.90 Å². The van der Waals surface area contributed by atoms with Gasteiger partial charge in [0.1, 0.15) is 0 Å². The average molecular weight is 272 g/mol. The Morgan fingerprint density at radius 3 is 2.55 bits per heavy atom. The van der Waals surface area contributed by atoms with Crippen molar-refractivity contribution < 1.29 is 9.59 Å². The SMILES string of the molecule is CCNCc1cccc(N2C(=O)C3CCCC3C2=O)c1. The van der Waals surface area contributed by atoms with Crippen molar-refractivity contribution in [3.05, 3.63) is 29.8 Å². The van der Waals surface area contributed by atoms with Crippen LogP contribution in [0, 0.1) is 11.8 Å². The van der Waals surface area contributed by atoms with Gasteiger partial charge in [0.25, 0.3) is 0 Å². The van der Waals surface area contributed by atoms with Gasteiger partial charge in [-0.25, -0.2) is 0 Å². The van der Waals surface area contributed by atoms with Crippen molar-refractivity contribution in [1.82, 2.24) is 5.32 Å². The Bertz CT molecular complexity index is 519. The molecule has 1 aliphatic carbocycles. The lowest BCUT2D eigenvalue weighted by Gasteiger charge is -2.17. The summed E-state index contributed by atoms with van der Waals surface area (Å²) in [6, 6.07) is 7.72. The van der Waals surface area contributed by atoms with Crippen molar-refractivity contribution in [2.24, 2.45) is 11.8 Å². The second-order valence-corrected chi connectivity index (χ2v) is 5.61. The van der Waals surface area contributed by atoms with Crippen LogP contribution < -0.4 is 10.2 Å². The summed E-state index contributed by atoms with van der Waals surface area (Å²) >= 11 is 0. The van der Waals surface area contributed by atoms with E-state index in [0.717, 1.165) is 43.6 Å². The number of anilines is 1. The highest BCUT2D eigenvalue weighted by atomic mass is 16.2. The highest BCUT2D eigenvalue weighted by Gasteiger charge is 2.50. The van der Waals surface area contributed by atoms with Crippen LogP contribution in [0.4, 0.5) is 5.69 Å². The maximum Gasteiger partial charge on any atom is 0.237 e. The Morgan fingerprint density at radius 1 is 1.20 bits per heavy atom. The Labute approximate surface area is 119 Å². The third-order valence-electron chi connectivity index (χ3n) is 4.34. The largest absolute Gasteiger partial charge is 0.313 e. The molecule has 3 rings (SSSR count). The van der Waals surface area contributed by atoms with E-state index in [0.29, 0.717) is 0 Å². The smallest absolute Gasteiger partial charge is 0.237 e. The molecule has 1 N–H and O–H groups in total. The maximum atomic E-state index is 12.4. The molecule has 1 saturated heterocycles. The first-order chi connectivity index (χ1) is 9.72. The summed E-state index contributed by atoms with van der Waals surface area (Å²) in [5.74, 6) is -0.143. The van der Waals surface area contributed by atoms with Crippen molar-refractivity contribution in [3.63, 3.8) is 0 Å². The van der Waals surface area contributed by atoms with E-state index in [9.17, 15) is 9.59 Å². The molecule has 20 heavy (non-hydrogen) atoms. The number of imide groups is 1. The molecule has 4 heteroatoms. The summed E-state index contributed by atoms with van der Waals surface area (Å²) in [5.41, 5.74) is 1.83. The predicted molar refractivity (Wildman–Crippen MR) is 77.1 cm³/mol. The number of rotatable bonds is 4. The van der Waals surface area contributed by atoms with Crippen LogP contribution in [0.15, 0.2) is 24.3 Å². The number of fused-ring (bicyclic) bond motifs is 1. The van der Waals surface area contributed by atoms with Gasteiger partial charge in [0.15, 0.2) is 0 Å². The number of benzene rings is 1. The van der Waals surface area contributed by atoms with Gasteiger partial charge in [-0.05, 0) is 37.1 Å². The predicted octanol–water partition coefficient (Wildman–Crippen LogP) is 2.09. The molecule has 2 aliphatic rings. The van der Waals surface area contributed by atoms with Gasteiger partial charge < -0.3 is 5.32 Å². The molecule has 2 amide bonds. The normalized spacial score (nSPS) is 25.4. The molecule has 2 unspecified atom stereocenters. The first-order valence-corrected chi connectivity index (χ1v) is 7.40. The zero-order chi connectivity index (χ0) is 14.1. The van der Waals surface area contributed by atoms with Gasteiger partial charge in [0.2, 0.25) is 11.8 Å². The standard InChI is InChI=1S/C16H20N2O2/c1-2-17-10-11-5-3-6-12(9-11)18-15(19)13-7-4-8-14(13)16(18)20/h3,5-6,9,13-14,17H,2,4,7-8,10H2,1H3. The van der Waals surface area contributed by atoms with Crippen molar-refractivity contribution in [2.75, 3.05) is 11.4 Å². The van der Waals surface area contributed by atoms with Gasteiger partial charge in [-0.1, -0.05) is 25.5 Å². The van der Waals surface area contributed by atoms with Gasteiger partial charge in [-0.3, -0.25) is 14.5 Å². The van der Waals surface area contributed by atoms with Crippen LogP contribution in [-0.2, 0) is 16.1 Å². The van der Waals surface area contributed by atoms with E-state index < -0.39 is 0 Å². The van der Waals surface area contributed by atoms with Crippen LogP contribution >= 0.6 is 0 Å². The van der Waals surface area contributed by atoms with E-state index in [4.69, 9.17) is 0 Å². The van der Waals surface area contributed by atoms with Crippen LogP contribution in [-0.4, -0.2) is 18.4 Å². The van der Waals surface area contributed by atoms with Crippen LogP contribution in [0.2, 0.25) is 0 Å². The molecule has 1 heterocycles. The summed E-state index contributed by atoms with van der Waals surface area (Å²) in [6.07, 6.45) is 2.73. The van der Waals surface area contributed by atoms with Crippen LogP contribution in [0.5, 0.6) is 0 Å². The summed E-state index contributed by atoms with van der Waals surface area (Å²) in [5, 5.41) is 3.26. The van der Waals surface area contributed by atoms with Gasteiger partial charge in [-0.15, -0.1) is 0 Å². The minimum Gasteiger partial charge on any atom is -0.313 e. The molecule has 106 valence electrons. The number of hydrogen-bond donors (Lipinski definition) is 1. The van der Waals surface area contributed by atoms with Crippen LogP contribution in [0.1, 0.15) is 31.7 Å². The third kappa shape index (κ3) is 2.14. The number of nitrogens with one attached hydrogen (secondary N) is 1. The Hall–Kier alpha value is -1.68. The molecule has 0 aromatic heterocycles. The maximum absolute atomic E-state index is 12.4. The van der Waals surface area contributed by atoms with Gasteiger partial charge >= 0.3 is 0 Å². The van der Waals surface area contributed by atoms with Gasteiger partial charge in [0, 0.05) is 6.54 Å². The minimum absolute atomic E-state index is 0.00176. The lowest BCUT2D eigenvalue weighted by atomic mass is 10.00. The van der Waals surface area contributed by atoms with E-state index in [2.05, 4.69) is 12.2 Å². The van der Waals surface area contributed by atoms with Crippen LogP contribution in [0.25, 0.3) is 0 Å². The monoisotopic (exact) mass is 272 g/mol. The molecule has 1 saturated carbocycles. The summed E-state index contributed by atoms with van der Waals surface area (Å²) in [4.78, 5) is 26.2. The molecule has 2 atom stereocenters. The molecule has 1 aliphatic heterocycles. The third-order valence-corrected chi connectivity index (χ3v) is 4.34. The lowest BCUT2D eigenvalue weighted by molar-refractivity contribution is -0.122. The first kappa shape index (κ1) is 13.3. The molecule has 0 radical (unpaired) electrons. The zero-order valence-corrected chi connectivity index (χ0v) is 11.8. The fourth-order valence-corrected chi connectivity index (χ4v) is 3.32. The molecule has 2 fully saturated rings. The van der Waals surface area contributed by atoms with Crippen molar-refractivity contribution in [3.8, 4) is 0 Å². The lowest BCUT2D eigenvalue weighted by Crippen LogP contribution is -2.31. The number of amides is 2. The zero-order valence-electron chi connectivity index (χ0n) is 11.8. The summed E-state index contributed by atoms with van der Waals surface area (Å²) in [7, 11) is 0. The topological polar surface area (TPSA) is 49.4 Å². The average Bonchev–Trinajstić information content (AvgIpc) is 3.02. The second-order valence-electron chi connectivity index (χ2n) is 5.61. The number of carbonyl (C=O) groups excluding carboxylic acids is 2. The molecule has 1 aromatic carbocycles. The number of hydrogen-bond acceptors (Lipinski definition) is 3. The molecule has 0 bridgehead atoms. The molecular weight excluding hydrogens is 252 g/mol. The summed E-state index contributed by atoms with van der Waals surface area (Å²) in [6.45, 7) is 3.71. The highest BCUT2D eigenvalue weighted by molar-refractivity contribution is 6.22. The van der Waals surface area contributed by atoms with Crippen LogP contribution in [0.3, 0.4) is 0 Å². The van der Waals surface area contributed by atoms with E-state index >= 15 is 0 Å². The fraction of sp³-hybridized carbons (Fsp3) is 0.500. The number of carbonyl (C=O) groups is 2. The Morgan fingerprint density at radius 2 is 1.90 bits per heavy atom. The van der Waals surface area contributed by atoms with Crippen molar-refractivity contribution in [2.45, 2.75) is 32.7 Å². The van der Waals surface area contributed by atoms with Gasteiger partial charge in [-0.2, -0.15) is 0 Å². The fourth-order valence-electron chi connectivity index (χ4n) is 3.32. The quantitative estimate of drug-likeness (QED) is 0.854.